The molecule has 1 aromatic rings. The standard InChI is InChI=1S/C12H14N2O4/c1-2-18-10-5-3-9(4-6-10)8-13-14-11(15)7-12(16)17/h3-6,8H,2,7H2,1H3,(H,14,15)(H,16,17). The first-order chi connectivity index (χ1) is 8.61. The molecule has 0 spiro atoms. The summed E-state index contributed by atoms with van der Waals surface area (Å²) in [6.07, 6.45) is 0.829. The predicted molar refractivity (Wildman–Crippen MR) is 65.6 cm³/mol. The van der Waals surface area contributed by atoms with E-state index in [0.29, 0.717) is 6.61 Å². The van der Waals surface area contributed by atoms with E-state index in [1.165, 1.54) is 6.21 Å². The Kier molecular flexibility index (Phi) is 5.37. The number of nitrogens with one attached hydrogen (secondary N) is 1. The number of hydrogen-bond donors (Lipinski definition) is 2. The number of carbonyl (C=O) groups excluding carboxylic acids is 1. The van der Waals surface area contributed by atoms with E-state index in [-0.39, 0.29) is 0 Å². The van der Waals surface area contributed by atoms with Gasteiger partial charge < -0.3 is 9.84 Å². The second-order valence-electron chi connectivity index (χ2n) is 3.37. The third-order valence-corrected chi connectivity index (χ3v) is 1.91. The number of ether oxygens (including phenoxy) is 1. The number of nitrogens with zero attached hydrogens (tertiary/aromatic N) is 1. The molecular weight excluding hydrogens is 236 g/mol. The van der Waals surface area contributed by atoms with Gasteiger partial charge in [0.15, 0.2) is 0 Å². The van der Waals surface area contributed by atoms with Crippen LogP contribution in [-0.4, -0.2) is 29.8 Å². The molecule has 0 heterocycles. The number of rotatable bonds is 6. The minimum atomic E-state index is -1.19. The van der Waals surface area contributed by atoms with Gasteiger partial charge in [0.1, 0.15) is 12.2 Å². The van der Waals surface area contributed by atoms with E-state index in [1.807, 2.05) is 6.92 Å². The summed E-state index contributed by atoms with van der Waals surface area (Å²) in [4.78, 5) is 21.2. The molecule has 2 N–H and O–H groups in total. The molecule has 0 fully saturated rings. The second-order valence-corrected chi connectivity index (χ2v) is 3.37. The van der Waals surface area contributed by atoms with E-state index in [2.05, 4.69) is 10.5 Å². The number of carboxylic acids is 1. The third kappa shape index (κ3) is 5.11. The Morgan fingerprint density at radius 1 is 1.39 bits per heavy atom. The van der Waals surface area contributed by atoms with E-state index in [1.54, 1.807) is 24.3 Å². The Balaban J connectivity index is 2.46. The Morgan fingerprint density at radius 3 is 2.61 bits per heavy atom. The van der Waals surface area contributed by atoms with Crippen molar-refractivity contribution in [3.8, 4) is 5.75 Å². The smallest absolute Gasteiger partial charge is 0.312 e. The molecule has 0 aliphatic rings. The van der Waals surface area contributed by atoms with Gasteiger partial charge in [-0.15, -0.1) is 0 Å². The summed E-state index contributed by atoms with van der Waals surface area (Å²) >= 11 is 0. The average Bonchev–Trinajstić information content (AvgIpc) is 2.31. The van der Waals surface area contributed by atoms with Gasteiger partial charge in [0.05, 0.1) is 12.8 Å². The molecule has 0 unspecified atom stereocenters. The van der Waals surface area contributed by atoms with Gasteiger partial charge in [0.25, 0.3) is 5.91 Å². The largest absolute Gasteiger partial charge is 0.494 e. The van der Waals surface area contributed by atoms with Crippen LogP contribution < -0.4 is 10.2 Å². The fourth-order valence-electron chi connectivity index (χ4n) is 1.17. The van der Waals surface area contributed by atoms with E-state index in [4.69, 9.17) is 9.84 Å². The average molecular weight is 250 g/mol. The highest BCUT2D eigenvalue weighted by atomic mass is 16.5. The van der Waals surface area contributed by atoms with Crippen molar-refractivity contribution in [3.63, 3.8) is 0 Å². The van der Waals surface area contributed by atoms with Gasteiger partial charge in [-0.1, -0.05) is 0 Å². The van der Waals surface area contributed by atoms with Gasteiger partial charge in [-0.3, -0.25) is 9.59 Å². The van der Waals surface area contributed by atoms with Gasteiger partial charge in [-0.05, 0) is 36.8 Å². The van der Waals surface area contributed by atoms with Crippen LogP contribution >= 0.6 is 0 Å². The quantitative estimate of drug-likeness (QED) is 0.448. The number of hydrazone groups is 1. The molecule has 0 saturated heterocycles. The van der Waals surface area contributed by atoms with Crippen molar-refractivity contribution in [2.75, 3.05) is 6.61 Å². The highest BCUT2D eigenvalue weighted by Gasteiger charge is 2.04. The normalized spacial score (nSPS) is 10.3. The topological polar surface area (TPSA) is 88.0 Å². The van der Waals surface area contributed by atoms with E-state index in [9.17, 15) is 9.59 Å². The van der Waals surface area contributed by atoms with Crippen LogP contribution in [0.2, 0.25) is 0 Å². The summed E-state index contributed by atoms with van der Waals surface area (Å²) in [5, 5.41) is 12.0. The number of carbonyl (C=O) groups is 2. The maximum absolute atomic E-state index is 11.0. The lowest BCUT2D eigenvalue weighted by atomic mass is 10.2. The molecule has 1 amide bonds. The van der Waals surface area contributed by atoms with Gasteiger partial charge >= 0.3 is 5.97 Å². The van der Waals surface area contributed by atoms with Crippen molar-refractivity contribution in [3.05, 3.63) is 29.8 Å². The molecule has 6 heteroatoms. The molecule has 1 rings (SSSR count). The van der Waals surface area contributed by atoms with Crippen molar-refractivity contribution in [2.45, 2.75) is 13.3 Å². The fourth-order valence-corrected chi connectivity index (χ4v) is 1.17. The molecule has 1 aromatic carbocycles. The highest BCUT2D eigenvalue weighted by Crippen LogP contribution is 2.10. The van der Waals surface area contributed by atoms with Gasteiger partial charge in [0.2, 0.25) is 0 Å². The lowest BCUT2D eigenvalue weighted by molar-refractivity contribution is -0.140. The summed E-state index contributed by atoms with van der Waals surface area (Å²) in [5.41, 5.74) is 2.89. The summed E-state index contributed by atoms with van der Waals surface area (Å²) in [6, 6.07) is 7.11. The molecule has 0 bridgehead atoms. The summed E-state index contributed by atoms with van der Waals surface area (Å²) in [5.74, 6) is -1.10. The number of carboxylic acid groups (broad SMARTS) is 1. The maximum atomic E-state index is 11.0. The SMILES string of the molecule is CCOc1ccc(C=NNC(=O)CC(=O)O)cc1. The molecule has 0 radical (unpaired) electrons. The molecule has 0 atom stereocenters. The molecule has 0 aliphatic carbocycles. The zero-order valence-corrected chi connectivity index (χ0v) is 9.92. The lowest BCUT2D eigenvalue weighted by Gasteiger charge is -2.02. The Labute approximate surface area is 104 Å². The molecule has 0 saturated carbocycles. The van der Waals surface area contributed by atoms with Crippen LogP contribution in [0.15, 0.2) is 29.4 Å². The first-order valence-electron chi connectivity index (χ1n) is 5.38. The van der Waals surface area contributed by atoms with Crippen LogP contribution in [0, 0.1) is 0 Å². The number of benzene rings is 1. The first kappa shape index (κ1) is 13.7. The van der Waals surface area contributed by atoms with Crippen LogP contribution in [0.1, 0.15) is 18.9 Å². The van der Waals surface area contributed by atoms with Crippen LogP contribution in [0.25, 0.3) is 0 Å². The number of hydrogen-bond acceptors (Lipinski definition) is 4. The van der Waals surface area contributed by atoms with E-state index >= 15 is 0 Å². The second kappa shape index (κ2) is 7.05. The Hall–Kier alpha value is -2.37. The summed E-state index contributed by atoms with van der Waals surface area (Å²) in [7, 11) is 0. The minimum Gasteiger partial charge on any atom is -0.494 e. The van der Waals surface area contributed by atoms with Gasteiger partial charge in [-0.2, -0.15) is 5.10 Å². The molecule has 18 heavy (non-hydrogen) atoms. The minimum absolute atomic E-state index is 0.596. The van der Waals surface area contributed by atoms with Gasteiger partial charge in [0, 0.05) is 0 Å². The van der Waals surface area contributed by atoms with Crippen LogP contribution in [0.3, 0.4) is 0 Å². The summed E-state index contributed by atoms with van der Waals surface area (Å²) < 4.78 is 5.27. The Morgan fingerprint density at radius 2 is 2.06 bits per heavy atom. The van der Waals surface area contributed by atoms with Crippen molar-refractivity contribution in [1.82, 2.24) is 5.43 Å². The Bertz CT molecular complexity index is 440. The van der Waals surface area contributed by atoms with E-state index in [0.717, 1.165) is 11.3 Å². The van der Waals surface area contributed by atoms with Crippen molar-refractivity contribution in [1.29, 1.82) is 0 Å². The fraction of sp³-hybridized carbons (Fsp3) is 0.250. The molecule has 0 aliphatic heterocycles. The number of aliphatic carboxylic acids is 1. The lowest BCUT2D eigenvalue weighted by Crippen LogP contribution is -2.20. The predicted octanol–water partition coefficient (Wildman–Crippen LogP) is 1.01. The molecule has 0 aromatic heterocycles. The summed E-state index contributed by atoms with van der Waals surface area (Å²) in [6.45, 7) is 2.49. The van der Waals surface area contributed by atoms with Crippen LogP contribution in [-0.2, 0) is 9.59 Å². The third-order valence-electron chi connectivity index (χ3n) is 1.91. The van der Waals surface area contributed by atoms with Crippen molar-refractivity contribution >= 4 is 18.1 Å². The zero-order valence-electron chi connectivity index (χ0n) is 9.92. The van der Waals surface area contributed by atoms with Crippen LogP contribution in [0.5, 0.6) is 5.75 Å². The van der Waals surface area contributed by atoms with Crippen molar-refractivity contribution < 1.29 is 19.4 Å². The highest BCUT2D eigenvalue weighted by molar-refractivity contribution is 5.93. The maximum Gasteiger partial charge on any atom is 0.312 e. The number of amides is 1. The van der Waals surface area contributed by atoms with Crippen molar-refractivity contribution in [2.24, 2.45) is 5.10 Å². The van der Waals surface area contributed by atoms with Gasteiger partial charge in [-0.25, -0.2) is 5.43 Å². The molecule has 6 nitrogen and oxygen atoms in total. The monoisotopic (exact) mass is 250 g/mol. The zero-order chi connectivity index (χ0) is 13.4. The molecule has 96 valence electrons. The van der Waals surface area contributed by atoms with E-state index < -0.39 is 18.3 Å². The first-order valence-corrected chi connectivity index (χ1v) is 5.38. The molecular formula is C12H14N2O4. The van der Waals surface area contributed by atoms with Crippen LogP contribution in [0.4, 0.5) is 0 Å².